The third-order valence-corrected chi connectivity index (χ3v) is 2.05. The van der Waals surface area contributed by atoms with Gasteiger partial charge >= 0.3 is 5.97 Å². The molecule has 0 radical (unpaired) electrons. The molecule has 0 aromatic heterocycles. The Hall–Kier alpha value is -0.990. The first-order valence-electron chi connectivity index (χ1n) is 3.46. The zero-order valence-corrected chi connectivity index (χ0v) is 8.01. The van der Waals surface area contributed by atoms with E-state index in [4.69, 9.17) is 28.3 Å². The molecular weight excluding hydrogens is 211 g/mol. The predicted octanol–water partition coefficient (Wildman–Crippen LogP) is 3.09. The first-order valence-corrected chi connectivity index (χ1v) is 4.22. The molecule has 0 aliphatic carbocycles. The van der Waals surface area contributed by atoms with Gasteiger partial charge in [0.2, 0.25) is 0 Å². The lowest BCUT2D eigenvalue weighted by molar-refractivity contribution is -0.131. The quantitative estimate of drug-likeness (QED) is 0.772. The molecule has 0 saturated heterocycles. The lowest BCUT2D eigenvalue weighted by Gasteiger charge is -1.99. The fourth-order valence-electron chi connectivity index (χ4n) is 0.825. The first-order chi connectivity index (χ1) is 6.11. The van der Waals surface area contributed by atoms with Gasteiger partial charge in [0.25, 0.3) is 0 Å². The van der Waals surface area contributed by atoms with Gasteiger partial charge in [-0.1, -0.05) is 29.3 Å². The van der Waals surface area contributed by atoms with Crippen molar-refractivity contribution >= 4 is 35.2 Å². The van der Waals surface area contributed by atoms with Crippen LogP contribution in [0.1, 0.15) is 5.56 Å². The normalized spacial score (nSPS) is 10.6. The average molecular weight is 217 g/mol. The number of carboxylic acid groups (broad SMARTS) is 1. The molecule has 0 amide bonds. The highest BCUT2D eigenvalue weighted by molar-refractivity contribution is 6.37. The molecule has 1 aromatic carbocycles. The monoisotopic (exact) mass is 216 g/mol. The Balaban J connectivity index is 3.06. The first kappa shape index (κ1) is 10.1. The second kappa shape index (κ2) is 4.30. The molecule has 0 spiro atoms. The maximum absolute atomic E-state index is 10.2. The van der Waals surface area contributed by atoms with E-state index >= 15 is 0 Å². The van der Waals surface area contributed by atoms with Crippen LogP contribution in [-0.2, 0) is 4.79 Å². The Morgan fingerprint density at radius 2 is 1.85 bits per heavy atom. The van der Waals surface area contributed by atoms with E-state index in [1.54, 1.807) is 18.2 Å². The highest BCUT2D eigenvalue weighted by atomic mass is 35.5. The highest BCUT2D eigenvalue weighted by Crippen LogP contribution is 2.25. The molecule has 0 aliphatic rings. The Bertz CT molecular complexity index is 338. The van der Waals surface area contributed by atoms with Gasteiger partial charge in [-0.2, -0.15) is 0 Å². The lowest BCUT2D eigenvalue weighted by Crippen LogP contribution is -1.86. The fourth-order valence-corrected chi connectivity index (χ4v) is 1.35. The van der Waals surface area contributed by atoms with Gasteiger partial charge in [0.15, 0.2) is 0 Å². The van der Waals surface area contributed by atoms with Crippen LogP contribution in [0.2, 0.25) is 10.0 Å². The van der Waals surface area contributed by atoms with Gasteiger partial charge in [0.1, 0.15) is 0 Å². The SMILES string of the molecule is O=C(O)/C=C\c1c(Cl)cccc1Cl. The Morgan fingerprint density at radius 1 is 1.31 bits per heavy atom. The van der Waals surface area contributed by atoms with Gasteiger partial charge < -0.3 is 5.11 Å². The van der Waals surface area contributed by atoms with E-state index in [0.717, 1.165) is 6.08 Å². The largest absolute Gasteiger partial charge is 0.478 e. The van der Waals surface area contributed by atoms with Crippen molar-refractivity contribution in [3.63, 3.8) is 0 Å². The summed E-state index contributed by atoms with van der Waals surface area (Å²) in [5, 5.41) is 9.25. The summed E-state index contributed by atoms with van der Waals surface area (Å²) in [5.41, 5.74) is 0.522. The van der Waals surface area contributed by atoms with Crippen molar-refractivity contribution in [3.8, 4) is 0 Å². The van der Waals surface area contributed by atoms with E-state index in [-0.39, 0.29) is 0 Å². The maximum Gasteiger partial charge on any atom is 0.328 e. The summed E-state index contributed by atoms with van der Waals surface area (Å²) in [7, 11) is 0. The van der Waals surface area contributed by atoms with E-state index in [1.165, 1.54) is 6.08 Å². The van der Waals surface area contributed by atoms with Crippen molar-refractivity contribution < 1.29 is 9.90 Å². The standard InChI is InChI=1S/C9H6Cl2O2/c10-7-2-1-3-8(11)6(7)4-5-9(12)13/h1-5H,(H,12,13)/b5-4-. The summed E-state index contributed by atoms with van der Waals surface area (Å²) in [6.45, 7) is 0. The summed E-state index contributed by atoms with van der Waals surface area (Å²) in [5.74, 6) is -1.03. The summed E-state index contributed by atoms with van der Waals surface area (Å²) >= 11 is 11.6. The molecule has 4 heteroatoms. The van der Waals surface area contributed by atoms with Crippen molar-refractivity contribution in [1.82, 2.24) is 0 Å². The third kappa shape index (κ3) is 2.76. The number of carbonyl (C=O) groups is 1. The zero-order chi connectivity index (χ0) is 9.84. The number of rotatable bonds is 2. The molecule has 0 unspecified atom stereocenters. The van der Waals surface area contributed by atoms with Crippen molar-refractivity contribution in [3.05, 3.63) is 39.9 Å². The molecule has 0 fully saturated rings. The minimum Gasteiger partial charge on any atom is -0.478 e. The second-order valence-electron chi connectivity index (χ2n) is 2.31. The number of carboxylic acids is 1. The Labute approximate surface area is 85.4 Å². The van der Waals surface area contributed by atoms with Gasteiger partial charge in [-0.05, 0) is 18.2 Å². The molecule has 0 bridgehead atoms. The van der Waals surface area contributed by atoms with Crippen LogP contribution in [0.25, 0.3) is 6.08 Å². The molecule has 0 heterocycles. The molecule has 68 valence electrons. The van der Waals surface area contributed by atoms with Crippen LogP contribution in [0.3, 0.4) is 0 Å². The van der Waals surface area contributed by atoms with Crippen molar-refractivity contribution in [1.29, 1.82) is 0 Å². The van der Waals surface area contributed by atoms with Gasteiger partial charge in [-0.15, -0.1) is 0 Å². The summed E-state index contributed by atoms with van der Waals surface area (Å²) < 4.78 is 0. The van der Waals surface area contributed by atoms with E-state index in [9.17, 15) is 4.79 Å². The van der Waals surface area contributed by atoms with Gasteiger partial charge in [-0.25, -0.2) is 4.79 Å². The molecule has 13 heavy (non-hydrogen) atoms. The second-order valence-corrected chi connectivity index (χ2v) is 3.12. The third-order valence-electron chi connectivity index (χ3n) is 1.39. The van der Waals surface area contributed by atoms with E-state index in [1.807, 2.05) is 0 Å². The van der Waals surface area contributed by atoms with Crippen LogP contribution in [0, 0.1) is 0 Å². The molecule has 2 nitrogen and oxygen atoms in total. The van der Waals surface area contributed by atoms with Crippen LogP contribution >= 0.6 is 23.2 Å². The van der Waals surface area contributed by atoms with Gasteiger partial charge in [0, 0.05) is 21.7 Å². The van der Waals surface area contributed by atoms with Crippen LogP contribution in [0.15, 0.2) is 24.3 Å². The highest BCUT2D eigenvalue weighted by Gasteiger charge is 2.01. The molecule has 1 N–H and O–H groups in total. The number of benzene rings is 1. The van der Waals surface area contributed by atoms with Gasteiger partial charge in [0.05, 0.1) is 0 Å². The molecule has 1 aromatic rings. The summed E-state index contributed by atoms with van der Waals surface area (Å²) in [6, 6.07) is 4.99. The van der Waals surface area contributed by atoms with Gasteiger partial charge in [-0.3, -0.25) is 0 Å². The topological polar surface area (TPSA) is 37.3 Å². The number of aliphatic carboxylic acids is 1. The lowest BCUT2D eigenvalue weighted by atomic mass is 10.2. The van der Waals surface area contributed by atoms with Crippen LogP contribution in [0.5, 0.6) is 0 Å². The summed E-state index contributed by atoms with van der Waals surface area (Å²) in [6.07, 6.45) is 2.36. The predicted molar refractivity (Wildman–Crippen MR) is 53.1 cm³/mol. The maximum atomic E-state index is 10.2. The zero-order valence-electron chi connectivity index (χ0n) is 6.50. The van der Waals surface area contributed by atoms with Crippen LogP contribution in [-0.4, -0.2) is 11.1 Å². The van der Waals surface area contributed by atoms with Crippen LogP contribution < -0.4 is 0 Å². The summed E-state index contributed by atoms with van der Waals surface area (Å²) in [4.78, 5) is 10.2. The van der Waals surface area contributed by atoms with Crippen LogP contribution in [0.4, 0.5) is 0 Å². The Morgan fingerprint density at radius 3 is 2.31 bits per heavy atom. The number of hydrogen-bond acceptors (Lipinski definition) is 1. The van der Waals surface area contributed by atoms with E-state index < -0.39 is 5.97 Å². The average Bonchev–Trinajstić information content (AvgIpc) is 2.03. The minimum absolute atomic E-state index is 0.435. The molecule has 1 rings (SSSR count). The minimum atomic E-state index is -1.03. The van der Waals surface area contributed by atoms with Crippen molar-refractivity contribution in [2.24, 2.45) is 0 Å². The Kier molecular flexibility index (Phi) is 3.34. The number of hydrogen-bond donors (Lipinski definition) is 1. The molecular formula is C9H6Cl2O2. The smallest absolute Gasteiger partial charge is 0.328 e. The fraction of sp³-hybridized carbons (Fsp3) is 0. The molecule has 0 atom stereocenters. The van der Waals surface area contributed by atoms with Crippen molar-refractivity contribution in [2.45, 2.75) is 0 Å². The van der Waals surface area contributed by atoms with E-state index in [0.29, 0.717) is 15.6 Å². The molecule has 0 saturated carbocycles. The van der Waals surface area contributed by atoms with Crippen molar-refractivity contribution in [2.75, 3.05) is 0 Å². The van der Waals surface area contributed by atoms with E-state index in [2.05, 4.69) is 0 Å². The molecule has 0 aliphatic heterocycles. The number of halogens is 2.